The molecule has 2 atom stereocenters. The van der Waals surface area contributed by atoms with Gasteiger partial charge in [0.2, 0.25) is 0 Å². The number of hydrogen-bond donors (Lipinski definition) is 1. The molecule has 0 saturated heterocycles. The van der Waals surface area contributed by atoms with Crippen LogP contribution in [0.3, 0.4) is 0 Å². The smallest absolute Gasteiger partial charge is 0.282 e. The molecule has 2 rings (SSSR count). The van der Waals surface area contributed by atoms with Crippen LogP contribution in [0.15, 0.2) is 18.2 Å². The average Bonchev–Trinajstić information content (AvgIpc) is 2.45. The largest absolute Gasteiger partial charge is 0.351 e. The van der Waals surface area contributed by atoms with E-state index in [9.17, 15) is 14.9 Å². The molecule has 0 bridgehead atoms. The van der Waals surface area contributed by atoms with Crippen LogP contribution in [0.4, 0.5) is 5.69 Å². The van der Waals surface area contributed by atoms with Gasteiger partial charge in [-0.05, 0) is 30.9 Å². The molecule has 1 N–H and O–H groups in total. The summed E-state index contributed by atoms with van der Waals surface area (Å²) in [6.07, 6.45) is 4.49. The Kier molecular flexibility index (Phi) is 5.58. The van der Waals surface area contributed by atoms with Gasteiger partial charge in [-0.3, -0.25) is 14.9 Å². The van der Waals surface area contributed by atoms with E-state index in [4.69, 9.17) is 11.6 Å². The molecule has 0 aromatic heterocycles. The zero-order chi connectivity index (χ0) is 15.4. The van der Waals surface area contributed by atoms with E-state index >= 15 is 0 Å². The molecular weight excluding hydrogens is 360 g/mol. The molecule has 1 aliphatic rings. The Hall–Kier alpha value is -1.14. The fourth-order valence-electron chi connectivity index (χ4n) is 2.56. The summed E-state index contributed by atoms with van der Waals surface area (Å²) in [5.74, 6) is -0.0876. The highest BCUT2D eigenvalue weighted by Crippen LogP contribution is 2.29. The standard InChI is InChI=1S/C14H16BrClN2O3/c15-12-4-2-1-3-9(12)8-17-14(19)11-7-10(16)5-6-13(11)18(20)21/h5-7,9,12H,1-4,8H2,(H,17,19). The Morgan fingerprint density at radius 1 is 1.43 bits per heavy atom. The number of nitrogens with one attached hydrogen (secondary N) is 1. The van der Waals surface area contributed by atoms with E-state index in [2.05, 4.69) is 21.2 Å². The third-order valence-corrected chi connectivity index (χ3v) is 5.18. The summed E-state index contributed by atoms with van der Waals surface area (Å²) in [4.78, 5) is 23.0. The third-order valence-electron chi connectivity index (χ3n) is 3.74. The van der Waals surface area contributed by atoms with Gasteiger partial charge in [0.25, 0.3) is 11.6 Å². The van der Waals surface area contributed by atoms with E-state index < -0.39 is 10.8 Å². The van der Waals surface area contributed by atoms with Crippen molar-refractivity contribution in [3.05, 3.63) is 38.9 Å². The van der Waals surface area contributed by atoms with Crippen molar-refractivity contribution in [3.8, 4) is 0 Å². The Labute approximate surface area is 136 Å². The predicted molar refractivity (Wildman–Crippen MR) is 85.1 cm³/mol. The Balaban J connectivity index is 2.06. The zero-order valence-electron chi connectivity index (χ0n) is 11.4. The first kappa shape index (κ1) is 16.2. The lowest BCUT2D eigenvalue weighted by atomic mass is 9.89. The number of nitro groups is 1. The summed E-state index contributed by atoms with van der Waals surface area (Å²) in [6.45, 7) is 0.512. The number of hydrogen-bond acceptors (Lipinski definition) is 3. The van der Waals surface area contributed by atoms with Crippen LogP contribution < -0.4 is 5.32 Å². The van der Waals surface area contributed by atoms with Crippen molar-refractivity contribution >= 4 is 39.1 Å². The molecule has 5 nitrogen and oxygen atoms in total. The molecule has 0 heterocycles. The lowest BCUT2D eigenvalue weighted by Crippen LogP contribution is -2.34. The lowest BCUT2D eigenvalue weighted by molar-refractivity contribution is -0.385. The van der Waals surface area contributed by atoms with Gasteiger partial charge in [0.1, 0.15) is 5.56 Å². The average molecular weight is 376 g/mol. The molecule has 1 aliphatic carbocycles. The lowest BCUT2D eigenvalue weighted by Gasteiger charge is -2.27. The van der Waals surface area contributed by atoms with Crippen molar-refractivity contribution in [2.24, 2.45) is 5.92 Å². The highest BCUT2D eigenvalue weighted by Gasteiger charge is 2.25. The number of nitro benzene ring substituents is 1. The molecule has 21 heavy (non-hydrogen) atoms. The Bertz CT molecular complexity index is 553. The molecule has 0 radical (unpaired) electrons. The van der Waals surface area contributed by atoms with Crippen LogP contribution in [0.25, 0.3) is 0 Å². The summed E-state index contributed by atoms with van der Waals surface area (Å²) >= 11 is 9.46. The number of nitrogens with zero attached hydrogens (tertiary/aromatic N) is 1. The van der Waals surface area contributed by atoms with Gasteiger partial charge < -0.3 is 5.32 Å². The summed E-state index contributed by atoms with van der Waals surface area (Å²) in [5, 5.41) is 14.1. The summed E-state index contributed by atoms with van der Waals surface area (Å²) in [5.41, 5.74) is -0.217. The first-order chi connectivity index (χ1) is 9.99. The van der Waals surface area contributed by atoms with Crippen molar-refractivity contribution in [1.82, 2.24) is 5.32 Å². The predicted octanol–water partition coefficient (Wildman–Crippen LogP) is 3.93. The van der Waals surface area contributed by atoms with Crippen molar-refractivity contribution in [3.63, 3.8) is 0 Å². The topological polar surface area (TPSA) is 72.2 Å². The molecule has 1 amide bonds. The summed E-state index contributed by atoms with van der Waals surface area (Å²) in [6, 6.07) is 4.00. The highest BCUT2D eigenvalue weighted by atomic mass is 79.9. The number of halogens is 2. The van der Waals surface area contributed by atoms with Crippen LogP contribution >= 0.6 is 27.5 Å². The molecule has 1 aromatic carbocycles. The second-order valence-corrected chi connectivity index (χ2v) is 6.80. The second-order valence-electron chi connectivity index (χ2n) is 5.19. The van der Waals surface area contributed by atoms with E-state index in [1.165, 1.54) is 24.6 Å². The maximum atomic E-state index is 12.2. The quantitative estimate of drug-likeness (QED) is 0.492. The minimum Gasteiger partial charge on any atom is -0.351 e. The second kappa shape index (κ2) is 7.22. The van der Waals surface area contributed by atoms with E-state index in [0.29, 0.717) is 22.3 Å². The number of alkyl halides is 1. The van der Waals surface area contributed by atoms with E-state index in [1.54, 1.807) is 0 Å². The van der Waals surface area contributed by atoms with Gasteiger partial charge in [-0.1, -0.05) is 40.4 Å². The molecule has 1 fully saturated rings. The van der Waals surface area contributed by atoms with Crippen LogP contribution in [0.1, 0.15) is 36.0 Å². The summed E-state index contributed by atoms with van der Waals surface area (Å²) in [7, 11) is 0. The SMILES string of the molecule is O=C(NCC1CCCCC1Br)c1cc(Cl)ccc1[N+](=O)[O-]. The van der Waals surface area contributed by atoms with E-state index in [0.717, 1.165) is 19.3 Å². The van der Waals surface area contributed by atoms with Crippen molar-refractivity contribution < 1.29 is 9.72 Å². The van der Waals surface area contributed by atoms with E-state index in [-0.39, 0.29) is 11.3 Å². The van der Waals surface area contributed by atoms with Gasteiger partial charge >= 0.3 is 0 Å². The van der Waals surface area contributed by atoms with Gasteiger partial charge in [0.15, 0.2) is 0 Å². The highest BCUT2D eigenvalue weighted by molar-refractivity contribution is 9.09. The van der Waals surface area contributed by atoms with E-state index in [1.807, 2.05) is 0 Å². The molecule has 7 heteroatoms. The fraction of sp³-hybridized carbons (Fsp3) is 0.500. The van der Waals surface area contributed by atoms with Crippen LogP contribution in [-0.2, 0) is 0 Å². The third kappa shape index (κ3) is 4.17. The number of carbonyl (C=O) groups excluding carboxylic acids is 1. The minimum absolute atomic E-state index is 0.00873. The van der Waals surface area contributed by atoms with Gasteiger partial charge in [-0.25, -0.2) is 0 Å². The number of amides is 1. The fourth-order valence-corrected chi connectivity index (χ4v) is 3.51. The van der Waals surface area contributed by atoms with Crippen LogP contribution in [0.2, 0.25) is 5.02 Å². The summed E-state index contributed by atoms with van der Waals surface area (Å²) < 4.78 is 0. The molecule has 114 valence electrons. The first-order valence-electron chi connectivity index (χ1n) is 6.85. The Morgan fingerprint density at radius 3 is 2.81 bits per heavy atom. The van der Waals surface area contributed by atoms with Gasteiger partial charge in [-0.15, -0.1) is 0 Å². The van der Waals surface area contributed by atoms with Crippen molar-refractivity contribution in [2.75, 3.05) is 6.54 Å². The molecule has 1 saturated carbocycles. The monoisotopic (exact) mass is 374 g/mol. The van der Waals surface area contributed by atoms with Crippen molar-refractivity contribution in [2.45, 2.75) is 30.5 Å². The number of carbonyl (C=O) groups is 1. The maximum Gasteiger partial charge on any atom is 0.282 e. The molecule has 0 aliphatic heterocycles. The maximum absolute atomic E-state index is 12.2. The van der Waals surface area contributed by atoms with Crippen LogP contribution in [-0.4, -0.2) is 22.2 Å². The molecule has 1 aromatic rings. The van der Waals surface area contributed by atoms with Crippen LogP contribution in [0.5, 0.6) is 0 Å². The number of benzene rings is 1. The first-order valence-corrected chi connectivity index (χ1v) is 8.14. The molecule has 0 spiro atoms. The Morgan fingerprint density at radius 2 is 2.14 bits per heavy atom. The molecule has 2 unspecified atom stereocenters. The minimum atomic E-state index is -0.570. The normalized spacial score (nSPS) is 21.8. The van der Waals surface area contributed by atoms with Gasteiger partial charge in [0.05, 0.1) is 4.92 Å². The zero-order valence-corrected chi connectivity index (χ0v) is 13.7. The number of rotatable bonds is 4. The van der Waals surface area contributed by atoms with Crippen molar-refractivity contribution in [1.29, 1.82) is 0 Å². The van der Waals surface area contributed by atoms with Crippen LogP contribution in [0, 0.1) is 16.0 Å². The molecular formula is C14H16BrClN2O3. The van der Waals surface area contributed by atoms with Gasteiger partial charge in [0, 0.05) is 22.5 Å². The van der Waals surface area contributed by atoms with Gasteiger partial charge in [-0.2, -0.15) is 0 Å².